The maximum atomic E-state index is 11.4. The van der Waals surface area contributed by atoms with Gasteiger partial charge in [0.05, 0.1) is 13.4 Å². The van der Waals surface area contributed by atoms with E-state index in [0.29, 0.717) is 0 Å². The number of hydrazone groups is 1. The zero-order valence-corrected chi connectivity index (χ0v) is 9.28. The Kier molecular flexibility index (Phi) is 4.55. The lowest BCUT2D eigenvalue weighted by atomic mass is 10.4. The predicted octanol–water partition coefficient (Wildman–Crippen LogP) is -0.185. The van der Waals surface area contributed by atoms with Gasteiger partial charge >= 0.3 is 11.9 Å². The van der Waals surface area contributed by atoms with Crippen LogP contribution in [0.5, 0.6) is 0 Å². The quantitative estimate of drug-likeness (QED) is 0.336. The van der Waals surface area contributed by atoms with Crippen molar-refractivity contribution in [3.05, 3.63) is 34.3 Å². The molecule has 9 heteroatoms. The van der Waals surface area contributed by atoms with Gasteiger partial charge in [-0.05, 0) is 12.1 Å². The number of carbonyl (C=O) groups is 2. The Morgan fingerprint density at radius 2 is 2.33 bits per heavy atom. The number of nitrogens with zero attached hydrogens (tertiary/aromatic N) is 2. The molecule has 1 N–H and O–H groups in total. The average Bonchev–Trinajstić information content (AvgIpc) is 2.86. The van der Waals surface area contributed by atoms with Crippen LogP contribution in [0.25, 0.3) is 0 Å². The van der Waals surface area contributed by atoms with Crippen molar-refractivity contribution < 1.29 is 23.7 Å². The maximum absolute atomic E-state index is 11.4. The van der Waals surface area contributed by atoms with Gasteiger partial charge in [0.1, 0.15) is 0 Å². The molecule has 0 radical (unpaired) electrons. The number of methoxy groups -OCH3 is 1. The number of rotatable bonds is 5. The zero-order valence-electron chi connectivity index (χ0n) is 9.28. The monoisotopic (exact) mass is 255 g/mol. The van der Waals surface area contributed by atoms with Gasteiger partial charge in [0.25, 0.3) is 6.54 Å². The SMILES string of the molecule is COC(=O)/C(C[N+](=O)[O-])=N\NC(=O)c1ccco1. The van der Waals surface area contributed by atoms with Crippen LogP contribution in [0.2, 0.25) is 0 Å². The van der Waals surface area contributed by atoms with Crippen molar-refractivity contribution in [1.29, 1.82) is 0 Å². The van der Waals surface area contributed by atoms with E-state index in [0.717, 1.165) is 7.11 Å². The van der Waals surface area contributed by atoms with E-state index in [2.05, 4.69) is 9.84 Å². The van der Waals surface area contributed by atoms with E-state index in [-0.39, 0.29) is 5.76 Å². The van der Waals surface area contributed by atoms with E-state index in [1.807, 2.05) is 5.43 Å². The predicted molar refractivity (Wildman–Crippen MR) is 57.5 cm³/mol. The summed E-state index contributed by atoms with van der Waals surface area (Å²) in [5.41, 5.74) is 1.43. The molecule has 0 fully saturated rings. The number of furan rings is 1. The van der Waals surface area contributed by atoms with E-state index in [1.165, 1.54) is 18.4 Å². The molecule has 18 heavy (non-hydrogen) atoms. The van der Waals surface area contributed by atoms with E-state index in [9.17, 15) is 19.7 Å². The molecule has 0 aliphatic carbocycles. The normalized spacial score (nSPS) is 10.8. The first-order valence-electron chi connectivity index (χ1n) is 4.65. The largest absolute Gasteiger partial charge is 0.464 e. The highest BCUT2D eigenvalue weighted by Crippen LogP contribution is 1.99. The number of ether oxygens (including phenoxy) is 1. The average molecular weight is 255 g/mol. The highest BCUT2D eigenvalue weighted by Gasteiger charge is 2.19. The van der Waals surface area contributed by atoms with Gasteiger partial charge in [-0.25, -0.2) is 10.2 Å². The Morgan fingerprint density at radius 1 is 1.61 bits per heavy atom. The highest BCUT2D eigenvalue weighted by molar-refractivity contribution is 6.37. The minimum absolute atomic E-state index is 0.0379. The Bertz CT molecular complexity index is 479. The summed E-state index contributed by atoms with van der Waals surface area (Å²) in [6.45, 7) is -0.856. The molecule has 1 amide bonds. The van der Waals surface area contributed by atoms with Crippen LogP contribution >= 0.6 is 0 Å². The van der Waals surface area contributed by atoms with Crippen molar-refractivity contribution in [2.24, 2.45) is 5.10 Å². The fraction of sp³-hybridized carbons (Fsp3) is 0.222. The fourth-order valence-electron chi connectivity index (χ4n) is 0.967. The first-order valence-corrected chi connectivity index (χ1v) is 4.65. The van der Waals surface area contributed by atoms with Crippen LogP contribution in [0.3, 0.4) is 0 Å². The molecule has 1 aromatic rings. The van der Waals surface area contributed by atoms with Gasteiger partial charge in [-0.3, -0.25) is 14.9 Å². The summed E-state index contributed by atoms with van der Waals surface area (Å²) < 4.78 is 9.05. The summed E-state index contributed by atoms with van der Waals surface area (Å²) in [6, 6.07) is 2.85. The molecular weight excluding hydrogens is 246 g/mol. The van der Waals surface area contributed by atoms with Crippen LogP contribution in [0.1, 0.15) is 10.6 Å². The molecule has 9 nitrogen and oxygen atoms in total. The summed E-state index contributed by atoms with van der Waals surface area (Å²) in [4.78, 5) is 32.0. The van der Waals surface area contributed by atoms with Gasteiger partial charge in [0.15, 0.2) is 5.76 Å². The Labute approximate surface area is 101 Å². The topological polar surface area (TPSA) is 124 Å². The van der Waals surface area contributed by atoms with Gasteiger partial charge in [0.2, 0.25) is 5.71 Å². The van der Waals surface area contributed by atoms with Gasteiger partial charge < -0.3 is 9.15 Å². The second kappa shape index (κ2) is 6.13. The highest BCUT2D eigenvalue weighted by atomic mass is 16.6. The first kappa shape index (κ1) is 13.4. The van der Waals surface area contributed by atoms with Crippen LogP contribution < -0.4 is 5.43 Å². The zero-order chi connectivity index (χ0) is 13.5. The molecule has 0 aliphatic rings. The molecule has 0 unspecified atom stereocenters. The molecule has 1 rings (SSSR count). The number of hydrogen-bond acceptors (Lipinski definition) is 7. The third-order valence-electron chi connectivity index (χ3n) is 1.74. The first-order chi connectivity index (χ1) is 8.54. The number of nitrogens with one attached hydrogen (secondary N) is 1. The van der Waals surface area contributed by atoms with Crippen LogP contribution in [0, 0.1) is 10.1 Å². The number of carbonyl (C=O) groups excluding carboxylic acids is 2. The second-order valence-corrected chi connectivity index (χ2v) is 2.96. The third-order valence-corrected chi connectivity index (χ3v) is 1.74. The molecule has 0 saturated carbocycles. The third kappa shape index (κ3) is 3.70. The van der Waals surface area contributed by atoms with Gasteiger partial charge in [0, 0.05) is 4.92 Å². The van der Waals surface area contributed by atoms with Crippen LogP contribution in [-0.2, 0) is 9.53 Å². The smallest absolute Gasteiger partial charge is 0.361 e. The molecule has 0 bridgehead atoms. The van der Waals surface area contributed by atoms with Crippen LogP contribution in [-0.4, -0.2) is 36.2 Å². The van der Waals surface area contributed by atoms with Gasteiger partial charge in [-0.15, -0.1) is 0 Å². The number of esters is 1. The van der Waals surface area contributed by atoms with E-state index in [4.69, 9.17) is 4.42 Å². The second-order valence-electron chi connectivity index (χ2n) is 2.96. The lowest BCUT2D eigenvalue weighted by molar-refractivity contribution is -0.462. The minimum atomic E-state index is -0.994. The maximum Gasteiger partial charge on any atom is 0.361 e. The number of amides is 1. The Balaban J connectivity index is 2.74. The van der Waals surface area contributed by atoms with Crippen molar-refractivity contribution in [1.82, 2.24) is 5.43 Å². The van der Waals surface area contributed by atoms with Crippen molar-refractivity contribution in [3.8, 4) is 0 Å². The summed E-state index contributed by atoms with van der Waals surface area (Å²) in [5, 5.41) is 13.6. The Hall–Kier alpha value is -2.71. The van der Waals surface area contributed by atoms with Crippen molar-refractivity contribution in [2.75, 3.05) is 13.7 Å². The molecule has 0 atom stereocenters. The van der Waals surface area contributed by atoms with E-state index in [1.54, 1.807) is 0 Å². The van der Waals surface area contributed by atoms with E-state index >= 15 is 0 Å². The summed E-state index contributed by atoms with van der Waals surface area (Å²) in [7, 11) is 1.05. The standard InChI is InChI=1S/C9H9N3O6/c1-17-9(14)6(5-12(15)16)10-11-8(13)7-3-2-4-18-7/h2-4H,5H2,1H3,(H,11,13)/b10-6-. The molecule has 0 aliphatic heterocycles. The summed E-state index contributed by atoms with van der Waals surface area (Å²) in [5.74, 6) is -1.76. The molecule has 0 saturated heterocycles. The molecule has 1 heterocycles. The van der Waals surface area contributed by atoms with Crippen molar-refractivity contribution in [3.63, 3.8) is 0 Å². The Morgan fingerprint density at radius 3 is 2.83 bits per heavy atom. The molecule has 96 valence electrons. The number of hydrogen-bond donors (Lipinski definition) is 1. The minimum Gasteiger partial charge on any atom is -0.464 e. The molecule has 0 aromatic carbocycles. The lowest BCUT2D eigenvalue weighted by Gasteiger charge is -2.00. The number of nitro groups is 1. The van der Waals surface area contributed by atoms with Gasteiger partial charge in [-0.1, -0.05) is 0 Å². The molecule has 0 spiro atoms. The van der Waals surface area contributed by atoms with Crippen molar-refractivity contribution in [2.45, 2.75) is 0 Å². The summed E-state index contributed by atoms with van der Waals surface area (Å²) >= 11 is 0. The van der Waals surface area contributed by atoms with Crippen LogP contribution in [0.15, 0.2) is 27.9 Å². The molecular formula is C9H9N3O6. The fourth-order valence-corrected chi connectivity index (χ4v) is 0.967. The lowest BCUT2D eigenvalue weighted by Crippen LogP contribution is -2.29. The van der Waals surface area contributed by atoms with Gasteiger partial charge in [-0.2, -0.15) is 5.10 Å². The van der Waals surface area contributed by atoms with E-state index < -0.39 is 29.1 Å². The summed E-state index contributed by atoms with van der Waals surface area (Å²) in [6.07, 6.45) is 1.27. The molecule has 1 aromatic heterocycles. The van der Waals surface area contributed by atoms with Crippen LogP contribution in [0.4, 0.5) is 0 Å². The van der Waals surface area contributed by atoms with Crippen molar-refractivity contribution >= 4 is 17.6 Å².